The number of hydrogen-bond donors (Lipinski definition) is 0. The first-order chi connectivity index (χ1) is 12.5. The van der Waals surface area contributed by atoms with Crippen molar-refractivity contribution in [1.82, 2.24) is 4.90 Å². The van der Waals surface area contributed by atoms with Gasteiger partial charge in [-0.15, -0.1) is 11.8 Å². The third-order valence-electron chi connectivity index (χ3n) is 4.79. The van der Waals surface area contributed by atoms with E-state index < -0.39 is 0 Å². The molecule has 0 N–H and O–H groups in total. The Kier molecular flexibility index (Phi) is 6.49. The molecule has 0 unspecified atom stereocenters. The molecule has 1 atom stereocenters. The fourth-order valence-electron chi connectivity index (χ4n) is 3.21. The number of rotatable bonds is 5. The molecule has 0 aromatic heterocycles. The Morgan fingerprint density at radius 3 is 2.50 bits per heavy atom. The van der Waals surface area contributed by atoms with E-state index in [2.05, 4.69) is 30.0 Å². The van der Waals surface area contributed by atoms with Gasteiger partial charge >= 0.3 is 0 Å². The number of nitrogens with zero attached hydrogens (tertiary/aromatic N) is 2. The molecule has 0 spiro atoms. The molecule has 5 heteroatoms. The first-order valence-electron chi connectivity index (χ1n) is 9.00. The van der Waals surface area contributed by atoms with Crippen LogP contribution in [0.5, 0.6) is 0 Å². The second kappa shape index (κ2) is 8.83. The van der Waals surface area contributed by atoms with E-state index in [9.17, 15) is 4.79 Å². The molecule has 0 saturated carbocycles. The molecule has 3 nitrogen and oxygen atoms in total. The van der Waals surface area contributed by atoms with Crippen molar-refractivity contribution in [3.05, 3.63) is 64.7 Å². The Balaban J connectivity index is 1.52. The highest BCUT2D eigenvalue weighted by Gasteiger charge is 2.25. The van der Waals surface area contributed by atoms with Gasteiger partial charge in [-0.05, 0) is 37.1 Å². The number of hydrogen-bond acceptors (Lipinski definition) is 3. The third-order valence-corrected chi connectivity index (χ3v) is 6.23. The molecule has 1 amide bonds. The SMILES string of the molecule is Cc1ccc(Cl)cc1N1CCN(C(=O)[C@H](C)SCc2ccccc2)CC1. The average Bonchev–Trinajstić information content (AvgIpc) is 2.68. The zero-order chi connectivity index (χ0) is 18.5. The summed E-state index contributed by atoms with van der Waals surface area (Å²) >= 11 is 7.86. The Morgan fingerprint density at radius 2 is 1.81 bits per heavy atom. The molecule has 0 bridgehead atoms. The van der Waals surface area contributed by atoms with E-state index in [1.54, 1.807) is 11.8 Å². The smallest absolute Gasteiger partial charge is 0.235 e. The maximum atomic E-state index is 12.7. The van der Waals surface area contributed by atoms with Gasteiger partial charge < -0.3 is 9.80 Å². The first-order valence-corrected chi connectivity index (χ1v) is 10.4. The van der Waals surface area contributed by atoms with E-state index in [0.29, 0.717) is 0 Å². The summed E-state index contributed by atoms with van der Waals surface area (Å²) in [6.45, 7) is 7.35. The van der Waals surface area contributed by atoms with Gasteiger partial charge in [0.2, 0.25) is 5.91 Å². The Labute approximate surface area is 165 Å². The average molecular weight is 389 g/mol. The molecule has 1 saturated heterocycles. The molecule has 1 fully saturated rings. The molecule has 1 aliphatic rings. The van der Waals surface area contributed by atoms with Crippen LogP contribution in [-0.4, -0.2) is 42.2 Å². The summed E-state index contributed by atoms with van der Waals surface area (Å²) in [5.41, 5.74) is 3.66. The van der Waals surface area contributed by atoms with Crippen LogP contribution in [0.1, 0.15) is 18.1 Å². The summed E-state index contributed by atoms with van der Waals surface area (Å²) in [7, 11) is 0. The lowest BCUT2D eigenvalue weighted by Crippen LogP contribution is -2.50. The number of piperazine rings is 1. The Hall–Kier alpha value is -1.65. The van der Waals surface area contributed by atoms with Gasteiger partial charge in [-0.1, -0.05) is 48.0 Å². The molecule has 1 aliphatic heterocycles. The number of carbonyl (C=O) groups is 1. The van der Waals surface area contributed by atoms with Crippen LogP contribution in [0.15, 0.2) is 48.5 Å². The van der Waals surface area contributed by atoms with E-state index in [1.807, 2.05) is 42.2 Å². The van der Waals surface area contributed by atoms with Gasteiger partial charge in [-0.2, -0.15) is 0 Å². The maximum Gasteiger partial charge on any atom is 0.235 e. The lowest BCUT2D eigenvalue weighted by molar-refractivity contribution is -0.130. The molecule has 138 valence electrons. The van der Waals surface area contributed by atoms with Crippen LogP contribution < -0.4 is 4.90 Å². The predicted octanol–water partition coefficient (Wildman–Crippen LogP) is 4.62. The summed E-state index contributed by atoms with van der Waals surface area (Å²) in [4.78, 5) is 17.1. The number of anilines is 1. The summed E-state index contributed by atoms with van der Waals surface area (Å²) in [6, 6.07) is 16.3. The van der Waals surface area contributed by atoms with E-state index in [0.717, 1.165) is 37.0 Å². The highest BCUT2D eigenvalue weighted by Crippen LogP contribution is 2.26. The van der Waals surface area contributed by atoms with Crippen molar-refractivity contribution in [1.29, 1.82) is 0 Å². The Morgan fingerprint density at radius 1 is 1.12 bits per heavy atom. The van der Waals surface area contributed by atoms with E-state index in [-0.39, 0.29) is 11.2 Å². The molecular formula is C21H25ClN2OS. The van der Waals surface area contributed by atoms with Crippen molar-refractivity contribution in [2.75, 3.05) is 31.1 Å². The zero-order valence-electron chi connectivity index (χ0n) is 15.3. The van der Waals surface area contributed by atoms with Crippen molar-refractivity contribution >= 4 is 35.0 Å². The highest BCUT2D eigenvalue weighted by atomic mass is 35.5. The van der Waals surface area contributed by atoms with Gasteiger partial charge in [0.25, 0.3) is 0 Å². The van der Waals surface area contributed by atoms with Crippen molar-refractivity contribution in [2.45, 2.75) is 24.9 Å². The molecule has 0 aliphatic carbocycles. The number of amides is 1. The highest BCUT2D eigenvalue weighted by molar-refractivity contribution is 7.99. The topological polar surface area (TPSA) is 23.6 Å². The quantitative estimate of drug-likeness (QED) is 0.746. The van der Waals surface area contributed by atoms with Crippen molar-refractivity contribution in [3.8, 4) is 0 Å². The first kappa shape index (κ1) is 19.1. The molecule has 2 aromatic carbocycles. The number of carbonyl (C=O) groups excluding carboxylic acids is 1. The van der Waals surface area contributed by atoms with Gasteiger partial charge in [-0.25, -0.2) is 0 Å². The molecule has 2 aromatic rings. The largest absolute Gasteiger partial charge is 0.368 e. The number of thioether (sulfide) groups is 1. The number of benzene rings is 2. The Bertz CT molecular complexity index is 745. The van der Waals surface area contributed by atoms with E-state index >= 15 is 0 Å². The molecule has 3 rings (SSSR count). The predicted molar refractivity (Wildman–Crippen MR) is 112 cm³/mol. The van der Waals surface area contributed by atoms with Crippen LogP contribution in [0.25, 0.3) is 0 Å². The van der Waals surface area contributed by atoms with Crippen molar-refractivity contribution in [3.63, 3.8) is 0 Å². The van der Waals surface area contributed by atoms with Gasteiger partial charge in [0.15, 0.2) is 0 Å². The minimum atomic E-state index is -0.0188. The lowest BCUT2D eigenvalue weighted by Gasteiger charge is -2.37. The second-order valence-electron chi connectivity index (χ2n) is 6.68. The molecule has 26 heavy (non-hydrogen) atoms. The fraction of sp³-hybridized carbons (Fsp3) is 0.381. The number of halogens is 1. The second-order valence-corrected chi connectivity index (χ2v) is 8.45. The minimum Gasteiger partial charge on any atom is -0.368 e. The van der Waals surface area contributed by atoms with Gasteiger partial charge in [-0.3, -0.25) is 4.79 Å². The van der Waals surface area contributed by atoms with Crippen LogP contribution in [0.2, 0.25) is 5.02 Å². The normalized spacial score (nSPS) is 15.8. The summed E-state index contributed by atoms with van der Waals surface area (Å²) < 4.78 is 0. The zero-order valence-corrected chi connectivity index (χ0v) is 16.9. The van der Waals surface area contributed by atoms with Crippen LogP contribution >= 0.6 is 23.4 Å². The fourth-order valence-corrected chi connectivity index (χ4v) is 4.31. The summed E-state index contributed by atoms with van der Waals surface area (Å²) in [5.74, 6) is 1.11. The van der Waals surface area contributed by atoms with Crippen molar-refractivity contribution in [2.24, 2.45) is 0 Å². The monoisotopic (exact) mass is 388 g/mol. The van der Waals surface area contributed by atoms with Gasteiger partial charge in [0.05, 0.1) is 5.25 Å². The van der Waals surface area contributed by atoms with Gasteiger partial charge in [0, 0.05) is 42.6 Å². The van der Waals surface area contributed by atoms with Crippen LogP contribution in [0.4, 0.5) is 5.69 Å². The van der Waals surface area contributed by atoms with Crippen LogP contribution in [-0.2, 0) is 10.5 Å². The van der Waals surface area contributed by atoms with Crippen LogP contribution in [0.3, 0.4) is 0 Å². The van der Waals surface area contributed by atoms with Gasteiger partial charge in [0.1, 0.15) is 0 Å². The van der Waals surface area contributed by atoms with Crippen molar-refractivity contribution < 1.29 is 4.79 Å². The molecular weight excluding hydrogens is 364 g/mol. The number of aryl methyl sites for hydroxylation is 1. The standard InChI is InChI=1S/C21H25ClN2OS/c1-16-8-9-19(22)14-20(16)23-10-12-24(13-11-23)21(25)17(2)26-15-18-6-4-3-5-7-18/h3-9,14,17H,10-13,15H2,1-2H3/t17-/m0/s1. The molecule has 0 radical (unpaired) electrons. The van der Waals surface area contributed by atoms with E-state index in [4.69, 9.17) is 11.6 Å². The van der Waals surface area contributed by atoms with Crippen LogP contribution in [0, 0.1) is 6.92 Å². The summed E-state index contributed by atoms with van der Waals surface area (Å²) in [6.07, 6.45) is 0. The van der Waals surface area contributed by atoms with E-state index in [1.165, 1.54) is 16.8 Å². The lowest BCUT2D eigenvalue weighted by atomic mass is 10.1. The minimum absolute atomic E-state index is 0.0188. The third kappa shape index (κ3) is 4.74. The summed E-state index contributed by atoms with van der Waals surface area (Å²) in [5, 5.41) is 0.740. The maximum absolute atomic E-state index is 12.7. The molecule has 1 heterocycles.